The van der Waals surface area contributed by atoms with E-state index in [-0.39, 0.29) is 35.0 Å². The molecule has 0 amide bonds. The van der Waals surface area contributed by atoms with E-state index in [1.54, 1.807) is 31.2 Å². The first-order valence-electron chi connectivity index (χ1n) is 9.51. The van der Waals surface area contributed by atoms with Crippen LogP contribution < -0.4 is 9.46 Å². The molecule has 1 N–H and O–H groups in total. The minimum Gasteiger partial charge on any atom is -0.497 e. The quantitative estimate of drug-likeness (QED) is 0.482. The Balaban J connectivity index is 1.70. The first-order chi connectivity index (χ1) is 15.3. The van der Waals surface area contributed by atoms with Gasteiger partial charge in [-0.15, -0.1) is 0 Å². The fraction of sp³-hybridized carbons (Fsp3) is 0.182. The Hall–Kier alpha value is -3.79. The molecule has 9 nitrogen and oxygen atoms in total. The molecule has 2 aromatic carbocycles. The Morgan fingerprint density at radius 1 is 1.00 bits per heavy atom. The minimum atomic E-state index is -3.95. The van der Waals surface area contributed by atoms with Gasteiger partial charge in [0.15, 0.2) is 12.4 Å². The Morgan fingerprint density at radius 3 is 2.44 bits per heavy atom. The molecular formula is C22H21NO8S. The van der Waals surface area contributed by atoms with E-state index >= 15 is 0 Å². The monoisotopic (exact) mass is 459 g/mol. The number of furan rings is 1. The van der Waals surface area contributed by atoms with Crippen LogP contribution in [0.15, 0.2) is 70.2 Å². The molecule has 0 aliphatic rings. The molecule has 0 bridgehead atoms. The molecule has 1 aromatic heterocycles. The number of anilines is 1. The molecule has 0 aliphatic heterocycles. The van der Waals surface area contributed by atoms with E-state index in [0.29, 0.717) is 11.4 Å². The van der Waals surface area contributed by atoms with Crippen molar-refractivity contribution in [1.29, 1.82) is 0 Å². The molecular weight excluding hydrogens is 438 g/mol. The molecule has 0 saturated heterocycles. The van der Waals surface area contributed by atoms with Crippen molar-refractivity contribution in [3.63, 3.8) is 0 Å². The summed E-state index contributed by atoms with van der Waals surface area (Å²) in [5.41, 5.74) is 0.509. The maximum atomic E-state index is 12.7. The fourth-order valence-electron chi connectivity index (χ4n) is 2.72. The number of hydrogen-bond acceptors (Lipinski definition) is 8. The summed E-state index contributed by atoms with van der Waals surface area (Å²) in [6.07, 6.45) is 1.29. The Labute approximate surface area is 185 Å². The number of carbonyl (C=O) groups is 2. The molecule has 0 aliphatic carbocycles. The van der Waals surface area contributed by atoms with Crippen molar-refractivity contribution < 1.29 is 36.6 Å². The number of rotatable bonds is 9. The zero-order valence-corrected chi connectivity index (χ0v) is 18.2. The van der Waals surface area contributed by atoms with E-state index in [1.165, 1.54) is 43.7 Å². The van der Waals surface area contributed by atoms with Gasteiger partial charge in [-0.3, -0.25) is 4.72 Å². The van der Waals surface area contributed by atoms with Gasteiger partial charge >= 0.3 is 11.9 Å². The van der Waals surface area contributed by atoms with Gasteiger partial charge in [0.25, 0.3) is 10.0 Å². The Kier molecular flexibility index (Phi) is 7.16. The second-order valence-electron chi connectivity index (χ2n) is 6.42. The summed E-state index contributed by atoms with van der Waals surface area (Å²) in [6, 6.07) is 13.2. The van der Waals surface area contributed by atoms with E-state index in [2.05, 4.69) is 4.72 Å². The number of nitrogens with one attached hydrogen (secondary N) is 1. The molecule has 3 aromatic rings. The largest absolute Gasteiger partial charge is 0.497 e. The molecule has 0 saturated carbocycles. The third kappa shape index (κ3) is 5.46. The molecule has 168 valence electrons. The van der Waals surface area contributed by atoms with Gasteiger partial charge in [0, 0.05) is 5.69 Å². The van der Waals surface area contributed by atoms with Gasteiger partial charge < -0.3 is 18.6 Å². The van der Waals surface area contributed by atoms with E-state index in [9.17, 15) is 18.0 Å². The van der Waals surface area contributed by atoms with E-state index < -0.39 is 22.0 Å². The smallest absolute Gasteiger partial charge is 0.341 e. The number of hydrogen-bond donors (Lipinski definition) is 1. The summed E-state index contributed by atoms with van der Waals surface area (Å²) in [5.74, 6) is -0.662. The summed E-state index contributed by atoms with van der Waals surface area (Å²) in [5, 5.41) is 0. The maximum Gasteiger partial charge on any atom is 0.341 e. The standard InChI is InChI=1S/C22H21NO8S/c1-3-29-22(25)19-11-12-30-20(19)14-31-21(24)15-5-4-6-18(13-15)32(26,27)23-16-7-9-17(28-2)10-8-16/h4-13,23H,3,14H2,1-2H3. The number of esters is 2. The van der Waals surface area contributed by atoms with Crippen molar-refractivity contribution in [2.75, 3.05) is 18.4 Å². The van der Waals surface area contributed by atoms with Gasteiger partial charge in [0.1, 0.15) is 11.3 Å². The van der Waals surface area contributed by atoms with Crippen molar-refractivity contribution in [3.8, 4) is 5.75 Å². The molecule has 0 radical (unpaired) electrons. The molecule has 1 heterocycles. The zero-order valence-electron chi connectivity index (χ0n) is 17.4. The predicted molar refractivity (Wildman–Crippen MR) is 114 cm³/mol. The summed E-state index contributed by atoms with van der Waals surface area (Å²) in [4.78, 5) is 24.2. The van der Waals surface area contributed by atoms with Gasteiger partial charge in [-0.1, -0.05) is 6.07 Å². The van der Waals surface area contributed by atoms with Gasteiger partial charge in [-0.25, -0.2) is 18.0 Å². The van der Waals surface area contributed by atoms with Crippen LogP contribution in [0, 0.1) is 0 Å². The van der Waals surface area contributed by atoms with Crippen molar-refractivity contribution in [2.24, 2.45) is 0 Å². The molecule has 32 heavy (non-hydrogen) atoms. The van der Waals surface area contributed by atoms with Crippen LogP contribution in [0.4, 0.5) is 5.69 Å². The predicted octanol–water partition coefficient (Wildman–Crippen LogP) is 3.62. The number of ether oxygens (including phenoxy) is 3. The van der Waals surface area contributed by atoms with Gasteiger partial charge in [-0.05, 0) is 55.5 Å². The van der Waals surface area contributed by atoms with Crippen molar-refractivity contribution in [1.82, 2.24) is 0 Å². The number of carbonyl (C=O) groups excluding carboxylic acids is 2. The number of sulfonamides is 1. The number of benzene rings is 2. The topological polar surface area (TPSA) is 121 Å². The third-order valence-corrected chi connectivity index (χ3v) is 5.68. The lowest BCUT2D eigenvalue weighted by Gasteiger charge is -2.10. The normalized spacial score (nSPS) is 10.9. The number of methoxy groups -OCH3 is 1. The van der Waals surface area contributed by atoms with Crippen molar-refractivity contribution in [3.05, 3.63) is 77.7 Å². The highest BCUT2D eigenvalue weighted by atomic mass is 32.2. The Morgan fingerprint density at radius 2 is 1.75 bits per heavy atom. The van der Waals surface area contributed by atoms with E-state index in [0.717, 1.165) is 0 Å². The highest BCUT2D eigenvalue weighted by Crippen LogP contribution is 2.21. The average molecular weight is 459 g/mol. The van der Waals surface area contributed by atoms with Crippen LogP contribution in [0.25, 0.3) is 0 Å². The zero-order chi connectivity index (χ0) is 23.1. The molecule has 0 spiro atoms. The second kappa shape index (κ2) is 10.0. The summed E-state index contributed by atoms with van der Waals surface area (Å²) in [7, 11) is -2.44. The summed E-state index contributed by atoms with van der Waals surface area (Å²) >= 11 is 0. The molecule has 0 atom stereocenters. The Bertz CT molecular complexity index is 1200. The van der Waals surface area contributed by atoms with Crippen LogP contribution in [0.3, 0.4) is 0 Å². The first kappa shape index (κ1) is 22.9. The highest BCUT2D eigenvalue weighted by Gasteiger charge is 2.20. The van der Waals surface area contributed by atoms with E-state index in [4.69, 9.17) is 18.6 Å². The summed E-state index contributed by atoms with van der Waals surface area (Å²) in [6.45, 7) is 1.54. The SMILES string of the molecule is CCOC(=O)c1ccoc1COC(=O)c1cccc(S(=O)(=O)Nc2ccc(OC)cc2)c1. The molecule has 0 fully saturated rings. The highest BCUT2D eigenvalue weighted by molar-refractivity contribution is 7.92. The van der Waals surface area contributed by atoms with Crippen LogP contribution in [0.5, 0.6) is 5.75 Å². The van der Waals surface area contributed by atoms with Crippen LogP contribution in [-0.2, 0) is 26.1 Å². The van der Waals surface area contributed by atoms with Crippen molar-refractivity contribution in [2.45, 2.75) is 18.4 Å². The lowest BCUT2D eigenvalue weighted by molar-refractivity contribution is 0.0422. The maximum absolute atomic E-state index is 12.7. The fourth-order valence-corrected chi connectivity index (χ4v) is 3.82. The first-order valence-corrected chi connectivity index (χ1v) is 11.0. The second-order valence-corrected chi connectivity index (χ2v) is 8.10. The molecule has 0 unspecified atom stereocenters. The third-order valence-electron chi connectivity index (χ3n) is 4.30. The van der Waals surface area contributed by atoms with Crippen LogP contribution in [0.2, 0.25) is 0 Å². The minimum absolute atomic E-state index is 0.0202. The van der Waals surface area contributed by atoms with E-state index in [1.807, 2.05) is 0 Å². The lowest BCUT2D eigenvalue weighted by Crippen LogP contribution is -2.14. The van der Waals surface area contributed by atoms with Gasteiger partial charge in [-0.2, -0.15) is 0 Å². The van der Waals surface area contributed by atoms with Gasteiger partial charge in [0.2, 0.25) is 0 Å². The van der Waals surface area contributed by atoms with Gasteiger partial charge in [0.05, 0.1) is 30.4 Å². The van der Waals surface area contributed by atoms with Crippen LogP contribution >= 0.6 is 0 Å². The lowest BCUT2D eigenvalue weighted by atomic mass is 10.2. The average Bonchev–Trinajstić information content (AvgIpc) is 3.27. The molecule has 3 rings (SSSR count). The van der Waals surface area contributed by atoms with Crippen molar-refractivity contribution >= 4 is 27.6 Å². The van der Waals surface area contributed by atoms with Crippen LogP contribution in [0.1, 0.15) is 33.4 Å². The van der Waals surface area contributed by atoms with Crippen LogP contribution in [-0.4, -0.2) is 34.1 Å². The summed E-state index contributed by atoms with van der Waals surface area (Å²) < 4.78 is 48.2. The molecule has 10 heteroatoms.